The molecule has 0 fully saturated rings. The highest BCUT2D eigenvalue weighted by molar-refractivity contribution is 7.90. The third-order valence-electron chi connectivity index (χ3n) is 5.11. The Morgan fingerprint density at radius 2 is 2.09 bits per heavy atom. The van der Waals surface area contributed by atoms with Gasteiger partial charge in [0, 0.05) is 32.3 Å². The number of carbonyl (C=O) groups excluding carboxylic acids is 3. The molecule has 2 aliphatic heterocycles. The van der Waals surface area contributed by atoms with E-state index in [0.29, 0.717) is 37.3 Å². The zero-order valence-electron chi connectivity index (χ0n) is 17.8. The second kappa shape index (κ2) is 9.90. The highest BCUT2D eigenvalue weighted by Crippen LogP contribution is 2.41. The lowest BCUT2D eigenvalue weighted by Crippen LogP contribution is -2.41. The predicted molar refractivity (Wildman–Crippen MR) is 114 cm³/mol. The highest BCUT2D eigenvalue weighted by atomic mass is 32.2. The monoisotopic (exact) mass is 466 g/mol. The van der Waals surface area contributed by atoms with Crippen LogP contribution in [-0.2, 0) is 14.8 Å². The van der Waals surface area contributed by atoms with Crippen molar-refractivity contribution in [2.75, 3.05) is 33.4 Å². The molecule has 2 heterocycles. The zero-order valence-corrected chi connectivity index (χ0v) is 18.7. The summed E-state index contributed by atoms with van der Waals surface area (Å²) in [4.78, 5) is 36.3. The van der Waals surface area contributed by atoms with Gasteiger partial charge in [-0.2, -0.15) is 0 Å². The molecule has 32 heavy (non-hydrogen) atoms. The van der Waals surface area contributed by atoms with Crippen molar-refractivity contribution >= 4 is 28.0 Å². The maximum Gasteiger partial charge on any atom is 0.328 e. The van der Waals surface area contributed by atoms with Crippen LogP contribution < -0.4 is 24.8 Å². The van der Waals surface area contributed by atoms with E-state index in [-0.39, 0.29) is 35.6 Å². The number of nitrogens with one attached hydrogen (secondary N) is 3. The zero-order chi connectivity index (χ0) is 23.3. The summed E-state index contributed by atoms with van der Waals surface area (Å²) in [5, 5.41) is 4.93. The van der Waals surface area contributed by atoms with Crippen molar-refractivity contribution < 1.29 is 32.3 Å². The third kappa shape index (κ3) is 5.13. The quantitative estimate of drug-likeness (QED) is 0.545. The Kier molecular flexibility index (Phi) is 7.23. The van der Waals surface area contributed by atoms with E-state index in [9.17, 15) is 22.8 Å². The van der Waals surface area contributed by atoms with Crippen LogP contribution in [0, 0.1) is 0 Å². The van der Waals surface area contributed by atoms with E-state index in [1.54, 1.807) is 13.0 Å². The van der Waals surface area contributed by atoms with E-state index >= 15 is 0 Å². The number of rotatable bonds is 7. The first-order valence-electron chi connectivity index (χ1n) is 10.2. The first kappa shape index (κ1) is 23.4. The number of sulfonamides is 1. The summed E-state index contributed by atoms with van der Waals surface area (Å²) < 4.78 is 38.7. The molecule has 1 unspecified atom stereocenters. The summed E-state index contributed by atoms with van der Waals surface area (Å²) in [5.41, 5.74) is 0.644. The lowest BCUT2D eigenvalue weighted by molar-refractivity contribution is -0.122. The fourth-order valence-electron chi connectivity index (χ4n) is 3.54. The standard InChI is InChI=1S/C20H26N4O7S/c1-3-30-16-12-15-14(11-17(16)32(28,29)23-19(26)21-2)13(7-10-31-15)6-8-22-20(27)24-9-4-5-18(24)25/h4-5,11-13H,3,6-10H2,1-2H3,(H,22,27)(H2,21,23,26). The van der Waals surface area contributed by atoms with Crippen LogP contribution in [0.1, 0.15) is 31.2 Å². The van der Waals surface area contributed by atoms with Gasteiger partial charge in [0.15, 0.2) is 0 Å². The molecule has 3 N–H and O–H groups in total. The molecule has 2 aliphatic rings. The van der Waals surface area contributed by atoms with Gasteiger partial charge in [0.05, 0.1) is 13.2 Å². The molecule has 1 aromatic rings. The molecule has 3 rings (SSSR count). The molecule has 0 saturated carbocycles. The molecular formula is C20H26N4O7S. The van der Waals surface area contributed by atoms with Gasteiger partial charge in [0.25, 0.3) is 15.9 Å². The van der Waals surface area contributed by atoms with E-state index in [1.807, 2.05) is 4.72 Å². The normalized spacial score (nSPS) is 17.4. The van der Waals surface area contributed by atoms with E-state index in [4.69, 9.17) is 9.47 Å². The third-order valence-corrected chi connectivity index (χ3v) is 6.46. The maximum absolute atomic E-state index is 12.8. The van der Waals surface area contributed by atoms with E-state index in [1.165, 1.54) is 25.3 Å². The van der Waals surface area contributed by atoms with Gasteiger partial charge in [-0.25, -0.2) is 22.7 Å². The second-order valence-corrected chi connectivity index (χ2v) is 8.81. The molecule has 1 aromatic carbocycles. The van der Waals surface area contributed by atoms with Gasteiger partial charge < -0.3 is 20.1 Å². The molecule has 0 aliphatic carbocycles. The summed E-state index contributed by atoms with van der Waals surface area (Å²) in [6.07, 6.45) is 4.08. The number of carbonyl (C=O) groups is 3. The molecule has 5 amide bonds. The van der Waals surface area contributed by atoms with Crippen LogP contribution in [0.2, 0.25) is 0 Å². The van der Waals surface area contributed by atoms with Crippen molar-refractivity contribution in [3.05, 3.63) is 29.8 Å². The summed E-state index contributed by atoms with van der Waals surface area (Å²) in [6.45, 7) is 2.90. The predicted octanol–water partition coefficient (Wildman–Crippen LogP) is 1.07. The van der Waals surface area contributed by atoms with Gasteiger partial charge in [0.2, 0.25) is 0 Å². The number of fused-ring (bicyclic) bond motifs is 1. The maximum atomic E-state index is 12.8. The summed E-state index contributed by atoms with van der Waals surface area (Å²) in [7, 11) is -2.89. The van der Waals surface area contributed by atoms with Gasteiger partial charge in [-0.1, -0.05) is 6.08 Å². The Bertz CT molecular complexity index is 1040. The van der Waals surface area contributed by atoms with Crippen molar-refractivity contribution in [2.45, 2.75) is 30.6 Å². The van der Waals surface area contributed by atoms with Crippen LogP contribution in [0.4, 0.5) is 9.59 Å². The Balaban J connectivity index is 1.79. The minimum atomic E-state index is -4.20. The van der Waals surface area contributed by atoms with Crippen LogP contribution in [0.5, 0.6) is 11.5 Å². The SMILES string of the molecule is CCOc1cc2c(cc1S(=O)(=O)NC(=O)NC)C(CCNC(=O)N1CC=CC1=O)CCO2. The van der Waals surface area contributed by atoms with Crippen molar-refractivity contribution in [2.24, 2.45) is 0 Å². The smallest absolute Gasteiger partial charge is 0.328 e. The number of hydrogen-bond acceptors (Lipinski definition) is 7. The molecule has 1 atom stereocenters. The van der Waals surface area contributed by atoms with Crippen molar-refractivity contribution in [3.63, 3.8) is 0 Å². The van der Waals surface area contributed by atoms with Crippen molar-refractivity contribution in [1.29, 1.82) is 0 Å². The van der Waals surface area contributed by atoms with Gasteiger partial charge >= 0.3 is 12.1 Å². The molecule has 0 spiro atoms. The Labute approximate surface area is 186 Å². The van der Waals surface area contributed by atoms with Crippen LogP contribution in [0.3, 0.4) is 0 Å². The number of hydrogen-bond donors (Lipinski definition) is 3. The summed E-state index contributed by atoms with van der Waals surface area (Å²) in [5.74, 6) is 0.113. The first-order chi connectivity index (χ1) is 15.3. The summed E-state index contributed by atoms with van der Waals surface area (Å²) >= 11 is 0. The molecule has 11 nitrogen and oxygen atoms in total. The lowest BCUT2D eigenvalue weighted by atomic mass is 9.90. The lowest BCUT2D eigenvalue weighted by Gasteiger charge is -2.28. The van der Waals surface area contributed by atoms with Gasteiger partial charge in [-0.15, -0.1) is 0 Å². The van der Waals surface area contributed by atoms with Crippen LogP contribution in [0.25, 0.3) is 0 Å². The van der Waals surface area contributed by atoms with E-state index in [2.05, 4.69) is 10.6 Å². The van der Waals surface area contributed by atoms with Crippen molar-refractivity contribution in [1.82, 2.24) is 20.3 Å². The number of benzene rings is 1. The molecule has 174 valence electrons. The largest absolute Gasteiger partial charge is 0.493 e. The number of urea groups is 2. The Morgan fingerprint density at radius 3 is 2.75 bits per heavy atom. The Hall–Kier alpha value is -3.28. The van der Waals surface area contributed by atoms with Gasteiger partial charge in [0.1, 0.15) is 16.4 Å². The second-order valence-electron chi connectivity index (χ2n) is 7.16. The Morgan fingerprint density at radius 1 is 1.31 bits per heavy atom. The van der Waals surface area contributed by atoms with Crippen molar-refractivity contribution in [3.8, 4) is 11.5 Å². The average molecular weight is 467 g/mol. The molecule has 0 aromatic heterocycles. The fraction of sp³-hybridized carbons (Fsp3) is 0.450. The molecule has 12 heteroatoms. The number of nitrogens with zero attached hydrogens (tertiary/aromatic N) is 1. The van der Waals surface area contributed by atoms with Crippen LogP contribution >= 0.6 is 0 Å². The average Bonchev–Trinajstić information content (AvgIpc) is 3.19. The van der Waals surface area contributed by atoms with Crippen LogP contribution in [-0.4, -0.2) is 64.6 Å². The summed E-state index contributed by atoms with van der Waals surface area (Å²) in [6, 6.07) is 1.62. The molecule has 0 bridgehead atoms. The number of amides is 5. The fourth-order valence-corrected chi connectivity index (χ4v) is 4.67. The van der Waals surface area contributed by atoms with Gasteiger partial charge in [-0.3, -0.25) is 9.69 Å². The number of imide groups is 1. The van der Waals surface area contributed by atoms with E-state index in [0.717, 1.165) is 4.90 Å². The molecule has 0 radical (unpaired) electrons. The minimum Gasteiger partial charge on any atom is -0.493 e. The molecule has 0 saturated heterocycles. The number of ether oxygens (including phenoxy) is 2. The first-order valence-corrected chi connectivity index (χ1v) is 11.7. The highest BCUT2D eigenvalue weighted by Gasteiger charge is 2.30. The van der Waals surface area contributed by atoms with E-state index < -0.39 is 22.1 Å². The van der Waals surface area contributed by atoms with Crippen LogP contribution in [0.15, 0.2) is 29.2 Å². The van der Waals surface area contributed by atoms with Gasteiger partial charge in [-0.05, 0) is 37.3 Å². The topological polar surface area (TPSA) is 143 Å². The minimum absolute atomic E-state index is 0.0802. The molecular weight excluding hydrogens is 440 g/mol.